The van der Waals surface area contributed by atoms with Gasteiger partial charge in [0.2, 0.25) is 0 Å². The second-order valence-corrected chi connectivity index (χ2v) is 11.1. The molecule has 40 heavy (non-hydrogen) atoms. The summed E-state index contributed by atoms with van der Waals surface area (Å²) in [6.45, 7) is 0. The molecule has 2 aromatic heterocycles. The molecule has 0 bridgehead atoms. The molecule has 2 heterocycles. The Hall–Kier alpha value is -4.92. The highest BCUT2D eigenvalue weighted by Gasteiger charge is 2.18. The van der Waals surface area contributed by atoms with E-state index >= 15 is 0 Å². The van der Waals surface area contributed by atoms with Crippen LogP contribution in [0.3, 0.4) is 0 Å². The van der Waals surface area contributed by atoms with Gasteiger partial charge in [0.05, 0.1) is 0 Å². The van der Waals surface area contributed by atoms with Crippen LogP contribution in [-0.4, -0.2) is 0 Å². The third kappa shape index (κ3) is 3.77. The first kappa shape index (κ1) is 23.0. The Bertz CT molecular complexity index is 2160. The minimum atomic E-state index is 0.919. The summed E-state index contributed by atoms with van der Waals surface area (Å²) in [5.41, 5.74) is 9.17. The molecule has 0 atom stereocenters. The van der Waals surface area contributed by atoms with Gasteiger partial charge in [-0.25, -0.2) is 0 Å². The van der Waals surface area contributed by atoms with Crippen molar-refractivity contribution in [2.24, 2.45) is 0 Å². The third-order valence-electron chi connectivity index (χ3n) is 7.71. The second kappa shape index (κ2) is 9.37. The minimum Gasteiger partial charge on any atom is -0.456 e. The summed E-state index contributed by atoms with van der Waals surface area (Å²) in [6, 6.07) is 51.9. The lowest BCUT2D eigenvalue weighted by molar-refractivity contribution is 0.669. The van der Waals surface area contributed by atoms with E-state index in [-0.39, 0.29) is 0 Å². The predicted molar refractivity (Wildman–Crippen MR) is 171 cm³/mol. The summed E-state index contributed by atoms with van der Waals surface area (Å²) in [7, 11) is 0. The summed E-state index contributed by atoms with van der Waals surface area (Å²) < 4.78 is 6.24. The van der Waals surface area contributed by atoms with Gasteiger partial charge in [0.1, 0.15) is 11.2 Å². The highest BCUT2D eigenvalue weighted by Crippen LogP contribution is 2.47. The van der Waals surface area contributed by atoms with Gasteiger partial charge in [-0.15, -0.1) is 11.3 Å². The molecule has 0 saturated carbocycles. The monoisotopic (exact) mass is 528 g/mol. The molecule has 0 spiro atoms. The first-order chi connectivity index (χ1) is 19.8. The summed E-state index contributed by atoms with van der Waals surface area (Å²) >= 11 is 1.88. The molecule has 0 unspecified atom stereocenters. The van der Waals surface area contributed by atoms with Crippen molar-refractivity contribution in [3.8, 4) is 43.1 Å². The van der Waals surface area contributed by atoms with Gasteiger partial charge < -0.3 is 4.42 Å². The van der Waals surface area contributed by atoms with E-state index in [2.05, 4.69) is 133 Å². The summed E-state index contributed by atoms with van der Waals surface area (Å²) in [4.78, 5) is 2.59. The molecule has 0 aliphatic carbocycles. The van der Waals surface area contributed by atoms with Crippen molar-refractivity contribution in [3.63, 3.8) is 0 Å². The first-order valence-corrected chi connectivity index (χ1v) is 14.3. The average molecular weight is 529 g/mol. The first-order valence-electron chi connectivity index (χ1n) is 13.5. The summed E-state index contributed by atoms with van der Waals surface area (Å²) in [6.07, 6.45) is 0. The van der Waals surface area contributed by atoms with Crippen LogP contribution in [0.4, 0.5) is 0 Å². The van der Waals surface area contributed by atoms with Gasteiger partial charge in [0.15, 0.2) is 0 Å². The Morgan fingerprint density at radius 3 is 1.82 bits per heavy atom. The van der Waals surface area contributed by atoms with Crippen molar-refractivity contribution in [1.29, 1.82) is 0 Å². The molecule has 1 nitrogen and oxygen atoms in total. The average Bonchev–Trinajstić information content (AvgIpc) is 3.60. The van der Waals surface area contributed by atoms with Crippen molar-refractivity contribution in [2.45, 2.75) is 0 Å². The van der Waals surface area contributed by atoms with Gasteiger partial charge in [-0.3, -0.25) is 0 Å². The Labute approximate surface area is 236 Å². The van der Waals surface area contributed by atoms with E-state index in [0.29, 0.717) is 0 Å². The van der Waals surface area contributed by atoms with E-state index in [1.165, 1.54) is 48.3 Å². The van der Waals surface area contributed by atoms with Gasteiger partial charge in [-0.05, 0) is 52.1 Å². The minimum absolute atomic E-state index is 0.919. The van der Waals surface area contributed by atoms with E-state index in [0.717, 1.165) is 27.5 Å². The van der Waals surface area contributed by atoms with E-state index < -0.39 is 0 Å². The maximum Gasteiger partial charge on any atom is 0.136 e. The predicted octanol–water partition coefficient (Wildman–Crippen LogP) is 11.5. The smallest absolute Gasteiger partial charge is 0.136 e. The molecule has 0 aliphatic heterocycles. The Morgan fingerprint density at radius 2 is 0.975 bits per heavy atom. The number of hydrogen-bond donors (Lipinski definition) is 0. The zero-order valence-corrected chi connectivity index (χ0v) is 22.5. The Kier molecular flexibility index (Phi) is 5.39. The van der Waals surface area contributed by atoms with Crippen LogP contribution in [0.5, 0.6) is 0 Å². The van der Waals surface area contributed by atoms with Crippen molar-refractivity contribution in [3.05, 3.63) is 146 Å². The lowest BCUT2D eigenvalue weighted by Crippen LogP contribution is -1.83. The van der Waals surface area contributed by atoms with Crippen LogP contribution >= 0.6 is 11.3 Å². The zero-order chi connectivity index (χ0) is 26.5. The van der Waals surface area contributed by atoms with Crippen LogP contribution in [0, 0.1) is 0 Å². The van der Waals surface area contributed by atoms with Crippen molar-refractivity contribution >= 4 is 44.0 Å². The summed E-state index contributed by atoms with van der Waals surface area (Å²) in [5, 5.41) is 4.88. The van der Waals surface area contributed by atoms with Gasteiger partial charge in [0.25, 0.3) is 0 Å². The number of rotatable bonds is 4. The van der Waals surface area contributed by atoms with Crippen molar-refractivity contribution in [1.82, 2.24) is 0 Å². The van der Waals surface area contributed by atoms with Crippen LogP contribution in [-0.2, 0) is 0 Å². The molecule has 2 heteroatoms. The molecule has 0 fully saturated rings. The molecule has 0 N–H and O–H groups in total. The fraction of sp³-hybridized carbons (Fsp3) is 0. The lowest BCUT2D eigenvalue weighted by Gasteiger charge is -2.09. The van der Waals surface area contributed by atoms with Crippen LogP contribution in [0.15, 0.2) is 150 Å². The fourth-order valence-electron chi connectivity index (χ4n) is 5.80. The Morgan fingerprint density at radius 1 is 0.350 bits per heavy atom. The quantitative estimate of drug-likeness (QED) is 0.221. The maximum absolute atomic E-state index is 6.24. The van der Waals surface area contributed by atoms with E-state index in [1.54, 1.807) is 0 Å². The molecule has 6 aromatic carbocycles. The van der Waals surface area contributed by atoms with Gasteiger partial charge >= 0.3 is 0 Å². The fourth-order valence-corrected chi connectivity index (χ4v) is 7.12. The molecule has 8 rings (SSSR count). The van der Waals surface area contributed by atoms with Gasteiger partial charge in [0, 0.05) is 36.9 Å². The van der Waals surface area contributed by atoms with Crippen LogP contribution in [0.1, 0.15) is 0 Å². The van der Waals surface area contributed by atoms with Crippen LogP contribution in [0.2, 0.25) is 0 Å². The number of furan rings is 1. The topological polar surface area (TPSA) is 13.1 Å². The number of hydrogen-bond acceptors (Lipinski definition) is 2. The highest BCUT2D eigenvalue weighted by atomic mass is 32.1. The molecule has 0 saturated heterocycles. The number of fused-ring (bicyclic) bond motifs is 4. The molecule has 0 amide bonds. The third-order valence-corrected chi connectivity index (χ3v) is 9.02. The van der Waals surface area contributed by atoms with Crippen molar-refractivity contribution < 1.29 is 4.42 Å². The van der Waals surface area contributed by atoms with Crippen LogP contribution in [0.25, 0.3) is 75.8 Å². The lowest BCUT2D eigenvalue weighted by atomic mass is 9.95. The number of benzene rings is 6. The standard InChI is InChI=1S/C38H24OS/c1-2-11-25(12-3-1)26-13-10-14-28(23-26)37-33-18-6-7-19-34(33)38(40-37)32-17-5-4-15-29(32)27-21-22-31-30-16-8-9-20-35(30)39-36(31)24-27/h1-24H. The molecule has 188 valence electrons. The zero-order valence-electron chi connectivity index (χ0n) is 21.7. The van der Waals surface area contributed by atoms with E-state index in [9.17, 15) is 0 Å². The van der Waals surface area contributed by atoms with Crippen LogP contribution < -0.4 is 0 Å². The second-order valence-electron chi connectivity index (χ2n) is 10.1. The van der Waals surface area contributed by atoms with E-state index in [4.69, 9.17) is 4.42 Å². The molecule has 8 aromatic rings. The van der Waals surface area contributed by atoms with Gasteiger partial charge in [-0.1, -0.05) is 121 Å². The Balaban J connectivity index is 1.30. The van der Waals surface area contributed by atoms with Crippen molar-refractivity contribution in [2.75, 3.05) is 0 Å². The molecular formula is C38H24OS. The largest absolute Gasteiger partial charge is 0.456 e. The van der Waals surface area contributed by atoms with Gasteiger partial charge in [-0.2, -0.15) is 0 Å². The number of para-hydroxylation sites is 1. The van der Waals surface area contributed by atoms with E-state index in [1.807, 2.05) is 23.5 Å². The molecular weight excluding hydrogens is 504 g/mol. The molecule has 0 aliphatic rings. The summed E-state index contributed by atoms with van der Waals surface area (Å²) in [5.74, 6) is 0. The molecule has 0 radical (unpaired) electrons. The SMILES string of the molecule is c1ccc(-c2cccc(-c3sc(-c4ccccc4-c4ccc5c(c4)oc4ccccc45)c4ccccc34)c2)cc1. The maximum atomic E-state index is 6.24. The number of thiophene rings is 1. The highest BCUT2D eigenvalue weighted by molar-refractivity contribution is 7.21. The normalized spacial score (nSPS) is 11.5.